The molecule has 1 aliphatic heterocycles. The summed E-state index contributed by atoms with van der Waals surface area (Å²) < 4.78 is 18.3. The molecule has 4 rings (SSSR count). The molecule has 0 saturated carbocycles. The Labute approximate surface area is 196 Å². The number of nitro benzene ring substituents is 1. The molecule has 0 atom stereocenters. The zero-order chi connectivity index (χ0) is 23.9. The number of benzene rings is 2. The van der Waals surface area contributed by atoms with Crippen LogP contribution in [0.1, 0.15) is 19.3 Å². The van der Waals surface area contributed by atoms with E-state index in [1.54, 1.807) is 12.1 Å². The SMILES string of the molecule is O=C(NCCC1CCN(c2ccc(-c3ccc(F)cc3)cn2)CC1)Oc1ccc([N+](=O)[O-])cc1. The number of piperidine rings is 1. The van der Waals surface area contributed by atoms with Crippen molar-refractivity contribution in [3.8, 4) is 16.9 Å². The van der Waals surface area contributed by atoms with Crippen molar-refractivity contribution >= 4 is 17.6 Å². The van der Waals surface area contributed by atoms with Gasteiger partial charge in [-0.3, -0.25) is 10.1 Å². The summed E-state index contributed by atoms with van der Waals surface area (Å²) in [7, 11) is 0. The molecule has 0 spiro atoms. The Bertz CT molecular complexity index is 1110. The lowest BCUT2D eigenvalue weighted by Crippen LogP contribution is -2.36. The number of rotatable bonds is 7. The van der Waals surface area contributed by atoms with Crippen LogP contribution in [0.5, 0.6) is 5.75 Å². The Balaban J connectivity index is 1.18. The molecule has 2 aromatic carbocycles. The van der Waals surface area contributed by atoms with Crippen LogP contribution in [0.25, 0.3) is 11.1 Å². The number of ether oxygens (including phenoxy) is 1. The van der Waals surface area contributed by atoms with Crippen LogP contribution < -0.4 is 15.0 Å². The number of anilines is 1. The number of aromatic nitrogens is 1. The molecule has 0 radical (unpaired) electrons. The highest BCUT2D eigenvalue weighted by molar-refractivity contribution is 5.70. The molecule has 0 aliphatic carbocycles. The van der Waals surface area contributed by atoms with Crippen molar-refractivity contribution in [2.45, 2.75) is 19.3 Å². The molecule has 8 nitrogen and oxygen atoms in total. The summed E-state index contributed by atoms with van der Waals surface area (Å²) in [6.45, 7) is 2.28. The highest BCUT2D eigenvalue weighted by Gasteiger charge is 2.20. The number of carbonyl (C=O) groups is 1. The van der Waals surface area contributed by atoms with Gasteiger partial charge in [0.05, 0.1) is 4.92 Å². The average Bonchev–Trinajstić information content (AvgIpc) is 2.85. The van der Waals surface area contributed by atoms with Gasteiger partial charge >= 0.3 is 6.09 Å². The highest BCUT2D eigenvalue weighted by Crippen LogP contribution is 2.26. The van der Waals surface area contributed by atoms with E-state index in [9.17, 15) is 19.3 Å². The minimum Gasteiger partial charge on any atom is -0.410 e. The summed E-state index contributed by atoms with van der Waals surface area (Å²) >= 11 is 0. The molecule has 1 fully saturated rings. The second kappa shape index (κ2) is 10.7. The van der Waals surface area contributed by atoms with Gasteiger partial charge in [0.2, 0.25) is 0 Å². The van der Waals surface area contributed by atoms with Crippen molar-refractivity contribution in [2.24, 2.45) is 5.92 Å². The zero-order valence-corrected chi connectivity index (χ0v) is 18.5. The molecule has 1 amide bonds. The van der Waals surface area contributed by atoms with Gasteiger partial charge in [-0.05, 0) is 67.1 Å². The number of nitro groups is 1. The zero-order valence-electron chi connectivity index (χ0n) is 18.5. The van der Waals surface area contributed by atoms with Crippen LogP contribution in [0.2, 0.25) is 0 Å². The first-order chi connectivity index (χ1) is 16.5. The summed E-state index contributed by atoms with van der Waals surface area (Å²) in [4.78, 5) is 29.0. The van der Waals surface area contributed by atoms with E-state index in [2.05, 4.69) is 15.2 Å². The lowest BCUT2D eigenvalue weighted by atomic mass is 9.93. The lowest BCUT2D eigenvalue weighted by Gasteiger charge is -2.32. The summed E-state index contributed by atoms with van der Waals surface area (Å²) in [5, 5.41) is 13.4. The molecular weight excluding hydrogens is 439 g/mol. The monoisotopic (exact) mass is 464 g/mol. The maximum atomic E-state index is 13.1. The van der Waals surface area contributed by atoms with E-state index in [-0.39, 0.29) is 17.3 Å². The fourth-order valence-corrected chi connectivity index (χ4v) is 3.99. The largest absolute Gasteiger partial charge is 0.412 e. The molecular formula is C25H25FN4O4. The van der Waals surface area contributed by atoms with Crippen LogP contribution in [-0.4, -0.2) is 35.6 Å². The van der Waals surface area contributed by atoms with Crippen molar-refractivity contribution in [2.75, 3.05) is 24.5 Å². The van der Waals surface area contributed by atoms with Gasteiger partial charge < -0.3 is 15.0 Å². The predicted molar refractivity (Wildman–Crippen MR) is 126 cm³/mol. The van der Waals surface area contributed by atoms with E-state index in [0.717, 1.165) is 49.3 Å². The Morgan fingerprint density at radius 1 is 1.06 bits per heavy atom. The number of carbonyl (C=O) groups excluding carboxylic acids is 1. The van der Waals surface area contributed by atoms with Crippen LogP contribution in [0.15, 0.2) is 66.9 Å². The second-order valence-corrected chi connectivity index (χ2v) is 8.20. The molecule has 1 aliphatic rings. The Kier molecular flexibility index (Phi) is 7.31. The molecule has 0 bridgehead atoms. The third-order valence-corrected chi connectivity index (χ3v) is 5.94. The van der Waals surface area contributed by atoms with E-state index in [1.807, 2.05) is 18.3 Å². The molecule has 34 heavy (non-hydrogen) atoms. The van der Waals surface area contributed by atoms with Crippen LogP contribution in [-0.2, 0) is 0 Å². The minimum atomic E-state index is -0.572. The molecule has 2 heterocycles. The van der Waals surface area contributed by atoms with Crippen molar-refractivity contribution in [3.63, 3.8) is 0 Å². The molecule has 1 saturated heterocycles. The lowest BCUT2D eigenvalue weighted by molar-refractivity contribution is -0.384. The number of nitrogens with zero attached hydrogens (tertiary/aromatic N) is 3. The summed E-state index contributed by atoms with van der Waals surface area (Å²) in [5.41, 5.74) is 1.82. The van der Waals surface area contributed by atoms with Gasteiger partial charge in [0.15, 0.2) is 0 Å². The number of halogens is 1. The standard InChI is InChI=1S/C25H25FN4O4/c26-21-4-1-19(2-5-21)20-3-10-24(28-17-20)29-15-12-18(13-16-29)11-14-27-25(31)34-23-8-6-22(7-9-23)30(32)33/h1-10,17-18H,11-16H2,(H,27,31). The second-order valence-electron chi connectivity index (χ2n) is 8.20. The average molecular weight is 464 g/mol. The van der Waals surface area contributed by atoms with E-state index in [1.165, 1.54) is 36.4 Å². The normalized spacial score (nSPS) is 14.0. The van der Waals surface area contributed by atoms with Crippen molar-refractivity contribution in [1.29, 1.82) is 0 Å². The molecule has 176 valence electrons. The number of nitrogens with one attached hydrogen (secondary N) is 1. The van der Waals surface area contributed by atoms with Crippen molar-refractivity contribution < 1.29 is 18.8 Å². The number of amides is 1. The fourth-order valence-electron chi connectivity index (χ4n) is 3.99. The summed E-state index contributed by atoms with van der Waals surface area (Å²) in [6, 6.07) is 15.7. The quantitative estimate of drug-likeness (QED) is 0.382. The maximum Gasteiger partial charge on any atom is 0.412 e. The molecule has 0 unspecified atom stereocenters. The summed E-state index contributed by atoms with van der Waals surface area (Å²) in [6.07, 6.45) is 4.09. The highest BCUT2D eigenvalue weighted by atomic mass is 19.1. The number of hydrogen-bond acceptors (Lipinski definition) is 6. The summed E-state index contributed by atoms with van der Waals surface area (Å²) in [5.74, 6) is 1.42. The maximum absolute atomic E-state index is 13.1. The topological polar surface area (TPSA) is 97.6 Å². The van der Waals surface area contributed by atoms with Crippen molar-refractivity contribution in [3.05, 3.63) is 82.8 Å². The van der Waals surface area contributed by atoms with E-state index < -0.39 is 11.0 Å². The van der Waals surface area contributed by atoms with Gasteiger partial charge in [0.25, 0.3) is 5.69 Å². The van der Waals surface area contributed by atoms with E-state index >= 15 is 0 Å². The molecule has 9 heteroatoms. The predicted octanol–water partition coefficient (Wildman–Crippen LogP) is 5.19. The van der Waals surface area contributed by atoms with Gasteiger partial charge in [0.1, 0.15) is 17.4 Å². The first kappa shape index (κ1) is 23.2. The molecule has 1 aromatic heterocycles. The third-order valence-electron chi connectivity index (χ3n) is 5.94. The van der Waals surface area contributed by atoms with Gasteiger partial charge in [0, 0.05) is 43.5 Å². The van der Waals surface area contributed by atoms with E-state index in [0.29, 0.717) is 12.5 Å². The Hall–Kier alpha value is -4.01. The van der Waals surface area contributed by atoms with Crippen molar-refractivity contribution in [1.82, 2.24) is 10.3 Å². The third kappa shape index (κ3) is 6.06. The number of non-ortho nitro benzene ring substituents is 1. The van der Waals surface area contributed by atoms with E-state index in [4.69, 9.17) is 4.74 Å². The van der Waals surface area contributed by atoms with Crippen LogP contribution in [0.4, 0.5) is 20.7 Å². The van der Waals surface area contributed by atoms with Crippen LogP contribution in [0, 0.1) is 21.8 Å². The van der Waals surface area contributed by atoms with Gasteiger partial charge in [-0.25, -0.2) is 14.2 Å². The first-order valence-corrected chi connectivity index (χ1v) is 11.1. The number of hydrogen-bond donors (Lipinski definition) is 1. The van der Waals surface area contributed by atoms with Gasteiger partial charge in [-0.2, -0.15) is 0 Å². The van der Waals surface area contributed by atoms with Crippen LogP contribution in [0.3, 0.4) is 0 Å². The Morgan fingerprint density at radius 2 is 1.74 bits per heavy atom. The van der Waals surface area contributed by atoms with Crippen LogP contribution >= 0.6 is 0 Å². The minimum absolute atomic E-state index is 0.0573. The first-order valence-electron chi connectivity index (χ1n) is 11.1. The Morgan fingerprint density at radius 3 is 2.35 bits per heavy atom. The van der Waals surface area contributed by atoms with Gasteiger partial charge in [-0.1, -0.05) is 12.1 Å². The smallest absolute Gasteiger partial charge is 0.410 e. The van der Waals surface area contributed by atoms with Gasteiger partial charge in [-0.15, -0.1) is 0 Å². The number of pyridine rings is 1. The molecule has 3 aromatic rings. The molecule has 1 N–H and O–H groups in total. The fraction of sp³-hybridized carbons (Fsp3) is 0.280.